The van der Waals surface area contributed by atoms with Gasteiger partial charge in [-0.1, -0.05) is 42.1 Å². The van der Waals surface area contributed by atoms with Gasteiger partial charge in [-0.15, -0.1) is 0 Å². The summed E-state index contributed by atoms with van der Waals surface area (Å²) in [6.07, 6.45) is 1.91. The zero-order valence-corrected chi connectivity index (χ0v) is 10.9. The van der Waals surface area contributed by atoms with E-state index < -0.39 is 0 Å². The number of benzene rings is 1. The Labute approximate surface area is 110 Å². The molecule has 1 unspecified atom stereocenters. The molecule has 18 heavy (non-hydrogen) atoms. The fourth-order valence-corrected chi connectivity index (χ4v) is 2.90. The lowest BCUT2D eigenvalue weighted by Gasteiger charge is -2.08. The molecule has 0 aliphatic carbocycles. The van der Waals surface area contributed by atoms with Crippen LogP contribution >= 0.6 is 11.8 Å². The van der Waals surface area contributed by atoms with E-state index in [1.807, 2.05) is 25.4 Å². The zero-order valence-electron chi connectivity index (χ0n) is 10.1. The summed E-state index contributed by atoms with van der Waals surface area (Å²) in [4.78, 5) is 4.52. The second kappa shape index (κ2) is 4.86. The Morgan fingerprint density at radius 2 is 2.11 bits per heavy atom. The number of amidine groups is 1. The normalized spacial score (nSPS) is 18.7. The van der Waals surface area contributed by atoms with Crippen molar-refractivity contribution < 1.29 is 0 Å². The summed E-state index contributed by atoms with van der Waals surface area (Å²) in [5, 5.41) is 8.89. The van der Waals surface area contributed by atoms with Crippen LogP contribution in [-0.4, -0.2) is 21.5 Å². The highest BCUT2D eigenvalue weighted by Crippen LogP contribution is 2.35. The van der Waals surface area contributed by atoms with Gasteiger partial charge in [0.15, 0.2) is 11.0 Å². The smallest absolute Gasteiger partial charge is 0.162 e. The van der Waals surface area contributed by atoms with Crippen molar-refractivity contribution in [2.45, 2.75) is 5.25 Å². The average Bonchev–Trinajstić information content (AvgIpc) is 3.01. The summed E-state index contributed by atoms with van der Waals surface area (Å²) in [6.45, 7) is 0.823. The third-order valence-corrected chi connectivity index (χ3v) is 3.93. The molecule has 1 aliphatic heterocycles. The van der Waals surface area contributed by atoms with Crippen LogP contribution in [0.15, 0.2) is 47.6 Å². The van der Waals surface area contributed by atoms with Gasteiger partial charge in [0.05, 0.1) is 11.8 Å². The van der Waals surface area contributed by atoms with E-state index in [1.165, 1.54) is 5.56 Å². The predicted molar refractivity (Wildman–Crippen MR) is 75.9 cm³/mol. The summed E-state index contributed by atoms with van der Waals surface area (Å²) in [7, 11) is 1.90. The maximum absolute atomic E-state index is 4.52. The Balaban J connectivity index is 1.65. The predicted octanol–water partition coefficient (Wildman–Crippen LogP) is 2.68. The largest absolute Gasteiger partial charge is 0.318 e. The van der Waals surface area contributed by atoms with Crippen LogP contribution in [0.5, 0.6) is 0 Å². The van der Waals surface area contributed by atoms with Crippen molar-refractivity contribution in [2.75, 3.05) is 11.9 Å². The fraction of sp³-hybridized carbons (Fsp3) is 0.231. The van der Waals surface area contributed by atoms with Gasteiger partial charge in [0, 0.05) is 19.3 Å². The van der Waals surface area contributed by atoms with Gasteiger partial charge in [0.25, 0.3) is 0 Å². The highest BCUT2D eigenvalue weighted by molar-refractivity contribution is 8.14. The first-order valence-corrected chi connectivity index (χ1v) is 6.72. The van der Waals surface area contributed by atoms with Crippen LogP contribution in [-0.2, 0) is 7.05 Å². The Kier molecular flexibility index (Phi) is 3.06. The monoisotopic (exact) mass is 258 g/mol. The van der Waals surface area contributed by atoms with Gasteiger partial charge in [0.2, 0.25) is 0 Å². The molecule has 2 heterocycles. The van der Waals surface area contributed by atoms with E-state index in [1.54, 1.807) is 16.4 Å². The van der Waals surface area contributed by atoms with Crippen molar-refractivity contribution in [3.8, 4) is 0 Å². The third kappa shape index (κ3) is 2.41. The maximum Gasteiger partial charge on any atom is 0.162 e. The van der Waals surface area contributed by atoms with E-state index in [9.17, 15) is 0 Å². The Morgan fingerprint density at radius 1 is 1.28 bits per heavy atom. The van der Waals surface area contributed by atoms with Gasteiger partial charge < -0.3 is 5.32 Å². The van der Waals surface area contributed by atoms with Gasteiger partial charge in [-0.3, -0.25) is 9.67 Å². The number of nitrogens with one attached hydrogen (secondary N) is 1. The third-order valence-electron chi connectivity index (χ3n) is 2.77. The minimum Gasteiger partial charge on any atom is -0.318 e. The number of anilines is 1. The van der Waals surface area contributed by atoms with Crippen LogP contribution in [0.25, 0.3) is 0 Å². The van der Waals surface area contributed by atoms with Gasteiger partial charge >= 0.3 is 0 Å². The molecule has 2 aromatic rings. The minimum absolute atomic E-state index is 0.414. The number of aromatic nitrogens is 2. The lowest BCUT2D eigenvalue weighted by molar-refractivity contribution is 0.771. The second-order valence-corrected chi connectivity index (χ2v) is 5.35. The molecular formula is C13H14N4S. The first-order valence-electron chi connectivity index (χ1n) is 5.84. The van der Waals surface area contributed by atoms with Gasteiger partial charge in [0.1, 0.15) is 0 Å². The summed E-state index contributed by atoms with van der Waals surface area (Å²) in [5.74, 6) is 0.845. The molecule has 1 aliphatic rings. The second-order valence-electron chi connectivity index (χ2n) is 4.16. The van der Waals surface area contributed by atoms with Crippen LogP contribution in [0.3, 0.4) is 0 Å². The van der Waals surface area contributed by atoms with E-state index in [2.05, 4.69) is 39.7 Å². The van der Waals surface area contributed by atoms with Crippen molar-refractivity contribution in [1.29, 1.82) is 0 Å². The summed E-state index contributed by atoms with van der Waals surface area (Å²) < 4.78 is 1.77. The van der Waals surface area contributed by atoms with Crippen molar-refractivity contribution in [2.24, 2.45) is 12.0 Å². The SMILES string of the molecule is Cn1ccc(NC2=NCC(c3ccccc3)S2)n1. The average molecular weight is 258 g/mol. The molecular weight excluding hydrogens is 244 g/mol. The maximum atomic E-state index is 4.52. The number of hydrogen-bond acceptors (Lipinski definition) is 4. The van der Waals surface area contributed by atoms with Crippen molar-refractivity contribution in [3.05, 3.63) is 48.2 Å². The Bertz CT molecular complexity index is 561. The van der Waals surface area contributed by atoms with Crippen molar-refractivity contribution in [1.82, 2.24) is 9.78 Å². The molecule has 0 saturated carbocycles. The Morgan fingerprint density at radius 3 is 2.83 bits per heavy atom. The highest BCUT2D eigenvalue weighted by Gasteiger charge is 2.21. The van der Waals surface area contributed by atoms with Gasteiger partial charge in [-0.25, -0.2) is 0 Å². The summed E-state index contributed by atoms with van der Waals surface area (Å²) in [5.41, 5.74) is 1.32. The molecule has 5 heteroatoms. The molecule has 92 valence electrons. The lowest BCUT2D eigenvalue weighted by atomic mass is 10.1. The molecule has 0 spiro atoms. The molecule has 1 N–H and O–H groups in total. The molecule has 1 atom stereocenters. The number of aliphatic imine (C=N–C) groups is 1. The standard InChI is InChI=1S/C13H14N4S/c1-17-8-7-12(16-17)15-13-14-9-11(18-13)10-5-3-2-4-6-10/h2-8,11H,9H2,1H3,(H,14,15,16). The highest BCUT2D eigenvalue weighted by atomic mass is 32.2. The van der Waals surface area contributed by atoms with Crippen molar-refractivity contribution in [3.63, 3.8) is 0 Å². The van der Waals surface area contributed by atoms with Crippen molar-refractivity contribution >= 4 is 22.7 Å². The number of nitrogens with zero attached hydrogens (tertiary/aromatic N) is 3. The molecule has 0 amide bonds. The number of rotatable bonds is 2. The van der Waals surface area contributed by atoms with E-state index in [-0.39, 0.29) is 0 Å². The van der Waals surface area contributed by atoms with Crippen LogP contribution < -0.4 is 5.32 Å². The topological polar surface area (TPSA) is 42.2 Å². The van der Waals surface area contributed by atoms with Crippen LogP contribution in [0.2, 0.25) is 0 Å². The molecule has 4 nitrogen and oxygen atoms in total. The first kappa shape index (κ1) is 11.3. The zero-order chi connectivity index (χ0) is 12.4. The number of thioether (sulfide) groups is 1. The van der Waals surface area contributed by atoms with E-state index in [0.29, 0.717) is 5.25 Å². The van der Waals surface area contributed by atoms with E-state index in [0.717, 1.165) is 17.5 Å². The van der Waals surface area contributed by atoms with Crippen LogP contribution in [0, 0.1) is 0 Å². The first-order chi connectivity index (χ1) is 8.81. The van der Waals surface area contributed by atoms with E-state index >= 15 is 0 Å². The quantitative estimate of drug-likeness (QED) is 0.900. The summed E-state index contributed by atoms with van der Waals surface area (Å²) in [6, 6.07) is 12.4. The molecule has 0 fully saturated rings. The number of hydrogen-bond donors (Lipinski definition) is 1. The molecule has 0 radical (unpaired) electrons. The summed E-state index contributed by atoms with van der Waals surface area (Å²) >= 11 is 1.76. The molecule has 3 rings (SSSR count). The fourth-order valence-electron chi connectivity index (χ4n) is 1.88. The molecule has 1 aromatic carbocycles. The Hall–Kier alpha value is -1.75. The number of aryl methyl sites for hydroxylation is 1. The molecule has 1 aromatic heterocycles. The van der Waals surface area contributed by atoms with Crippen LogP contribution in [0.4, 0.5) is 5.82 Å². The van der Waals surface area contributed by atoms with E-state index in [4.69, 9.17) is 0 Å². The van der Waals surface area contributed by atoms with Gasteiger partial charge in [-0.05, 0) is 5.56 Å². The van der Waals surface area contributed by atoms with Gasteiger partial charge in [-0.2, -0.15) is 5.10 Å². The molecule has 0 bridgehead atoms. The lowest BCUT2D eigenvalue weighted by Crippen LogP contribution is -2.06. The minimum atomic E-state index is 0.414. The van der Waals surface area contributed by atoms with Crippen LogP contribution in [0.1, 0.15) is 10.8 Å². The molecule has 0 saturated heterocycles.